The van der Waals surface area contributed by atoms with Crippen molar-refractivity contribution in [3.63, 3.8) is 0 Å². The molecule has 2 aliphatic heterocycles. The SMILES string of the molecule is Cc1cc2ncc3cc(-c4ccccc4)c(-c4ccc(CN5CCC(C6=CN(c7ccc(C(N)=O)cc7)CS6)CC5)cc4)nc3n2n1. The third-order valence-electron chi connectivity index (χ3n) is 9.23. The molecule has 2 N–H and O–H groups in total. The van der Waals surface area contributed by atoms with Crippen molar-refractivity contribution in [1.82, 2.24) is 24.5 Å². The number of nitrogens with two attached hydrogens (primary N) is 1. The molecule has 3 aromatic carbocycles. The third kappa shape index (κ3) is 5.88. The van der Waals surface area contributed by atoms with Crippen molar-refractivity contribution in [2.45, 2.75) is 26.3 Å². The number of nitrogens with zero attached hydrogens (tertiary/aromatic N) is 6. The molecule has 0 bridgehead atoms. The molecule has 0 unspecified atom stereocenters. The number of amides is 1. The van der Waals surface area contributed by atoms with Gasteiger partial charge in [0.2, 0.25) is 5.91 Å². The van der Waals surface area contributed by atoms with Gasteiger partial charge in [-0.1, -0.05) is 54.6 Å². The Kier molecular flexibility index (Phi) is 7.71. The Bertz CT molecular complexity index is 2120. The Labute approximate surface area is 277 Å². The largest absolute Gasteiger partial charge is 0.366 e. The monoisotopic (exact) mass is 637 g/mol. The van der Waals surface area contributed by atoms with Crippen molar-refractivity contribution in [2.24, 2.45) is 11.7 Å². The smallest absolute Gasteiger partial charge is 0.248 e. The molecule has 8 rings (SSSR count). The Morgan fingerprint density at radius 3 is 2.45 bits per heavy atom. The number of carbonyl (C=O) groups excluding carboxylic acids is 1. The maximum atomic E-state index is 11.4. The molecule has 1 saturated heterocycles. The van der Waals surface area contributed by atoms with E-state index >= 15 is 0 Å². The molecular weight excluding hydrogens is 603 g/mol. The fourth-order valence-electron chi connectivity index (χ4n) is 6.67. The molecular formula is C38H35N7OS. The number of hydrogen-bond donors (Lipinski definition) is 1. The summed E-state index contributed by atoms with van der Waals surface area (Å²) in [6, 6.07) is 31.1. The molecule has 0 atom stereocenters. The molecule has 47 heavy (non-hydrogen) atoms. The topological polar surface area (TPSA) is 92.6 Å². The average Bonchev–Trinajstić information content (AvgIpc) is 3.76. The van der Waals surface area contributed by atoms with Gasteiger partial charge >= 0.3 is 0 Å². The number of piperidine rings is 1. The molecule has 0 aliphatic carbocycles. The first kappa shape index (κ1) is 29.4. The van der Waals surface area contributed by atoms with Crippen LogP contribution in [-0.4, -0.2) is 49.4 Å². The van der Waals surface area contributed by atoms with E-state index in [0.717, 1.165) is 88.8 Å². The summed E-state index contributed by atoms with van der Waals surface area (Å²) >= 11 is 1.93. The predicted molar refractivity (Wildman–Crippen MR) is 190 cm³/mol. The Morgan fingerprint density at radius 1 is 0.936 bits per heavy atom. The standard InChI is InChI=1S/C38H35N7OS/c1-25-19-35-40-21-31-20-33(27-5-3-2-4-6-27)36(41-38(31)45(35)42-25)29-9-7-26(8-10-29)22-43-17-15-28(16-18-43)34-23-44(24-47-34)32-13-11-30(12-14-32)37(39)46/h2-14,19-21,23,28H,15-18,22,24H2,1H3,(H2,39,46). The highest BCUT2D eigenvalue weighted by molar-refractivity contribution is 8.03. The van der Waals surface area contributed by atoms with Crippen LogP contribution >= 0.6 is 11.8 Å². The number of aryl methyl sites for hydroxylation is 1. The summed E-state index contributed by atoms with van der Waals surface area (Å²) in [7, 11) is 0. The van der Waals surface area contributed by atoms with Crippen molar-refractivity contribution in [1.29, 1.82) is 0 Å². The van der Waals surface area contributed by atoms with Gasteiger partial charge in [0.25, 0.3) is 0 Å². The maximum absolute atomic E-state index is 11.4. The maximum Gasteiger partial charge on any atom is 0.248 e. The van der Waals surface area contributed by atoms with Gasteiger partial charge in [-0.2, -0.15) is 9.61 Å². The number of anilines is 1. The van der Waals surface area contributed by atoms with Gasteiger partial charge in [0.05, 0.1) is 17.3 Å². The third-order valence-corrected chi connectivity index (χ3v) is 10.4. The molecule has 0 saturated carbocycles. The summed E-state index contributed by atoms with van der Waals surface area (Å²) in [5, 5.41) is 5.64. The van der Waals surface area contributed by atoms with Crippen molar-refractivity contribution < 1.29 is 4.79 Å². The quantitative estimate of drug-likeness (QED) is 0.197. The van der Waals surface area contributed by atoms with E-state index < -0.39 is 5.91 Å². The zero-order chi connectivity index (χ0) is 31.9. The molecule has 9 heteroatoms. The molecule has 0 spiro atoms. The molecule has 1 fully saturated rings. The Balaban J connectivity index is 0.973. The fourth-order valence-corrected chi connectivity index (χ4v) is 7.86. The average molecular weight is 638 g/mol. The minimum Gasteiger partial charge on any atom is -0.366 e. The number of fused-ring (bicyclic) bond motifs is 3. The van der Waals surface area contributed by atoms with E-state index in [-0.39, 0.29) is 0 Å². The number of rotatable bonds is 7. The summed E-state index contributed by atoms with van der Waals surface area (Å²) in [5.41, 5.74) is 15.1. The van der Waals surface area contributed by atoms with Crippen LogP contribution in [0.1, 0.15) is 34.5 Å². The first-order chi connectivity index (χ1) is 23.0. The lowest BCUT2D eigenvalue weighted by Crippen LogP contribution is -2.33. The van der Waals surface area contributed by atoms with Crippen LogP contribution in [0.15, 0.2) is 108 Å². The van der Waals surface area contributed by atoms with Crippen LogP contribution in [0.25, 0.3) is 39.1 Å². The number of primary amides is 1. The van der Waals surface area contributed by atoms with Gasteiger partial charge in [0.15, 0.2) is 11.3 Å². The highest BCUT2D eigenvalue weighted by Gasteiger charge is 2.27. The van der Waals surface area contributed by atoms with Crippen molar-refractivity contribution in [2.75, 3.05) is 23.9 Å². The number of hydrogen-bond acceptors (Lipinski definition) is 7. The van der Waals surface area contributed by atoms with Crippen LogP contribution in [0, 0.1) is 12.8 Å². The van der Waals surface area contributed by atoms with Crippen LogP contribution in [0.3, 0.4) is 0 Å². The second-order valence-electron chi connectivity index (χ2n) is 12.4. The highest BCUT2D eigenvalue weighted by Crippen LogP contribution is 2.39. The van der Waals surface area contributed by atoms with Gasteiger partial charge < -0.3 is 10.6 Å². The van der Waals surface area contributed by atoms with E-state index in [1.165, 1.54) is 10.5 Å². The van der Waals surface area contributed by atoms with Crippen molar-refractivity contribution in [3.8, 4) is 22.4 Å². The lowest BCUT2D eigenvalue weighted by atomic mass is 9.95. The lowest BCUT2D eigenvalue weighted by molar-refractivity contribution is 0.100. The van der Waals surface area contributed by atoms with Gasteiger partial charge in [-0.05, 0) is 80.2 Å². The van der Waals surface area contributed by atoms with Crippen LogP contribution in [-0.2, 0) is 6.54 Å². The van der Waals surface area contributed by atoms with Crippen LogP contribution in [0.4, 0.5) is 5.69 Å². The second kappa shape index (κ2) is 12.3. The van der Waals surface area contributed by atoms with Gasteiger partial charge in [-0.15, -0.1) is 11.8 Å². The van der Waals surface area contributed by atoms with Crippen LogP contribution in [0.5, 0.6) is 0 Å². The minimum absolute atomic E-state index is 0.394. The molecule has 3 aromatic heterocycles. The van der Waals surface area contributed by atoms with E-state index in [1.807, 2.05) is 53.7 Å². The normalized spacial score (nSPS) is 15.9. The molecule has 234 valence electrons. The molecule has 5 heterocycles. The summed E-state index contributed by atoms with van der Waals surface area (Å²) in [6.07, 6.45) is 6.50. The van der Waals surface area contributed by atoms with E-state index in [0.29, 0.717) is 11.5 Å². The number of carbonyl (C=O) groups is 1. The number of pyridine rings is 1. The zero-order valence-corrected chi connectivity index (χ0v) is 27.0. The Hall–Kier alpha value is -4.99. The minimum atomic E-state index is -0.394. The van der Waals surface area contributed by atoms with E-state index in [2.05, 4.69) is 80.7 Å². The molecule has 8 nitrogen and oxygen atoms in total. The zero-order valence-electron chi connectivity index (χ0n) is 26.2. The van der Waals surface area contributed by atoms with Gasteiger partial charge in [-0.25, -0.2) is 9.97 Å². The number of thioether (sulfide) groups is 1. The van der Waals surface area contributed by atoms with E-state index in [1.54, 1.807) is 12.1 Å². The van der Waals surface area contributed by atoms with E-state index in [4.69, 9.17) is 10.7 Å². The highest BCUT2D eigenvalue weighted by atomic mass is 32.2. The predicted octanol–water partition coefficient (Wildman–Crippen LogP) is 7.28. The molecule has 1 amide bonds. The number of aromatic nitrogens is 4. The molecule has 2 aliphatic rings. The van der Waals surface area contributed by atoms with Crippen molar-refractivity contribution in [3.05, 3.63) is 125 Å². The van der Waals surface area contributed by atoms with Gasteiger partial charge in [0.1, 0.15) is 0 Å². The Morgan fingerprint density at radius 2 is 1.70 bits per heavy atom. The van der Waals surface area contributed by atoms with Crippen LogP contribution < -0.4 is 10.6 Å². The lowest BCUT2D eigenvalue weighted by Gasteiger charge is -2.32. The first-order valence-corrected chi connectivity index (χ1v) is 17.0. The number of likely N-dealkylation sites (tertiary alicyclic amines) is 1. The second-order valence-corrected chi connectivity index (χ2v) is 13.4. The van der Waals surface area contributed by atoms with Crippen molar-refractivity contribution >= 4 is 40.0 Å². The van der Waals surface area contributed by atoms with Crippen LogP contribution in [0.2, 0.25) is 0 Å². The van der Waals surface area contributed by atoms with Gasteiger partial charge in [0, 0.05) is 57.7 Å². The summed E-state index contributed by atoms with van der Waals surface area (Å²) < 4.78 is 1.85. The molecule has 6 aromatic rings. The summed E-state index contributed by atoms with van der Waals surface area (Å²) in [6.45, 7) is 5.08. The number of allylic oxidation sites excluding steroid dienone is 1. The summed E-state index contributed by atoms with van der Waals surface area (Å²) in [5.74, 6) is 1.10. The number of benzene rings is 3. The fraction of sp³-hybridized carbons (Fsp3) is 0.211. The van der Waals surface area contributed by atoms with Gasteiger partial charge in [-0.3, -0.25) is 9.69 Å². The van der Waals surface area contributed by atoms with E-state index in [9.17, 15) is 4.79 Å². The summed E-state index contributed by atoms with van der Waals surface area (Å²) in [4.78, 5) is 27.6. The first-order valence-electron chi connectivity index (χ1n) is 16.0. The molecule has 0 radical (unpaired) electrons.